The Morgan fingerprint density at radius 1 is 1.18 bits per heavy atom. The normalized spacial score (nSPS) is 10.5. The standard InChI is InChI=1S/C12H9I2NO2/c13-11-9(6-8-4-2-1-3-5-8)12(14)15(17)7-10(11)16/h1-5,7,16H,6H2. The molecule has 1 aromatic carbocycles. The molecular weight excluding hydrogens is 444 g/mol. The van der Waals surface area contributed by atoms with Gasteiger partial charge in [-0.25, -0.2) is 0 Å². The summed E-state index contributed by atoms with van der Waals surface area (Å²) in [5.41, 5.74) is 1.99. The number of hydrogen-bond acceptors (Lipinski definition) is 2. The summed E-state index contributed by atoms with van der Waals surface area (Å²) in [5.74, 6) is 0.0342. The number of aromatic hydroxyl groups is 1. The van der Waals surface area contributed by atoms with Crippen molar-refractivity contribution in [2.75, 3.05) is 0 Å². The van der Waals surface area contributed by atoms with Gasteiger partial charge in [-0.3, -0.25) is 0 Å². The van der Waals surface area contributed by atoms with E-state index < -0.39 is 0 Å². The molecule has 0 unspecified atom stereocenters. The maximum absolute atomic E-state index is 11.5. The lowest BCUT2D eigenvalue weighted by atomic mass is 10.1. The minimum atomic E-state index is 0.0342. The van der Waals surface area contributed by atoms with Crippen LogP contribution in [0, 0.1) is 12.5 Å². The number of hydrogen-bond donors (Lipinski definition) is 1. The van der Waals surface area contributed by atoms with E-state index in [4.69, 9.17) is 0 Å². The third kappa shape index (κ3) is 2.82. The lowest BCUT2D eigenvalue weighted by Gasteiger charge is -2.09. The van der Waals surface area contributed by atoms with Crippen molar-refractivity contribution in [1.29, 1.82) is 0 Å². The van der Waals surface area contributed by atoms with Gasteiger partial charge < -0.3 is 10.3 Å². The third-order valence-corrected chi connectivity index (χ3v) is 4.73. The fraction of sp³-hybridized carbons (Fsp3) is 0.0833. The smallest absolute Gasteiger partial charge is 0.257 e. The quantitative estimate of drug-likeness (QED) is 0.329. The van der Waals surface area contributed by atoms with E-state index >= 15 is 0 Å². The molecule has 1 aromatic heterocycles. The van der Waals surface area contributed by atoms with E-state index in [0.717, 1.165) is 14.7 Å². The Morgan fingerprint density at radius 2 is 1.82 bits per heavy atom. The van der Waals surface area contributed by atoms with Crippen LogP contribution in [0.2, 0.25) is 0 Å². The van der Waals surface area contributed by atoms with Crippen LogP contribution in [0.5, 0.6) is 5.75 Å². The lowest BCUT2D eigenvalue weighted by Crippen LogP contribution is -2.32. The van der Waals surface area contributed by atoms with Crippen molar-refractivity contribution in [3.63, 3.8) is 0 Å². The Labute approximate surface area is 126 Å². The number of benzene rings is 1. The Hall–Kier alpha value is -0.570. The van der Waals surface area contributed by atoms with Crippen LogP contribution in [0.25, 0.3) is 0 Å². The molecule has 0 saturated carbocycles. The summed E-state index contributed by atoms with van der Waals surface area (Å²) >= 11 is 4.08. The van der Waals surface area contributed by atoms with Gasteiger partial charge in [0.15, 0.2) is 5.75 Å². The van der Waals surface area contributed by atoms with Crippen molar-refractivity contribution >= 4 is 45.2 Å². The van der Waals surface area contributed by atoms with Crippen molar-refractivity contribution in [2.45, 2.75) is 6.42 Å². The van der Waals surface area contributed by atoms with Gasteiger partial charge in [-0.2, -0.15) is 4.73 Å². The second-order valence-electron chi connectivity index (χ2n) is 3.59. The second-order valence-corrected chi connectivity index (χ2v) is 5.69. The molecule has 2 rings (SSSR count). The Kier molecular flexibility index (Phi) is 4.08. The predicted octanol–water partition coefficient (Wildman–Crippen LogP) is 2.83. The maximum atomic E-state index is 11.5. The summed E-state index contributed by atoms with van der Waals surface area (Å²) in [6.07, 6.45) is 1.84. The summed E-state index contributed by atoms with van der Waals surface area (Å²) < 4.78 is 2.05. The van der Waals surface area contributed by atoms with Gasteiger partial charge in [-0.15, -0.1) is 0 Å². The molecule has 0 radical (unpaired) electrons. The number of nitrogens with zero attached hydrogens (tertiary/aromatic N) is 1. The molecule has 0 saturated heterocycles. The highest BCUT2D eigenvalue weighted by molar-refractivity contribution is 14.1. The van der Waals surface area contributed by atoms with Crippen LogP contribution in [-0.2, 0) is 6.42 Å². The van der Waals surface area contributed by atoms with Gasteiger partial charge in [0.2, 0.25) is 6.20 Å². The third-order valence-electron chi connectivity index (χ3n) is 2.40. The molecule has 5 heteroatoms. The van der Waals surface area contributed by atoms with Crippen LogP contribution < -0.4 is 4.73 Å². The van der Waals surface area contributed by atoms with E-state index in [1.807, 2.05) is 52.9 Å². The monoisotopic (exact) mass is 453 g/mol. The predicted molar refractivity (Wildman–Crippen MR) is 81.7 cm³/mol. The summed E-state index contributed by atoms with van der Waals surface area (Å²) in [4.78, 5) is 0. The second kappa shape index (κ2) is 5.38. The first kappa shape index (κ1) is 12.9. The van der Waals surface area contributed by atoms with Gasteiger partial charge in [0, 0.05) is 29.0 Å². The molecule has 0 spiro atoms. The number of aromatic nitrogens is 1. The van der Waals surface area contributed by atoms with Gasteiger partial charge in [0.05, 0.1) is 9.13 Å². The molecule has 88 valence electrons. The highest BCUT2D eigenvalue weighted by Gasteiger charge is 2.18. The largest absolute Gasteiger partial charge is 0.618 e. The molecule has 1 heterocycles. The first-order valence-electron chi connectivity index (χ1n) is 4.92. The number of halogens is 2. The van der Waals surface area contributed by atoms with Gasteiger partial charge >= 0.3 is 0 Å². The van der Waals surface area contributed by atoms with Crippen LogP contribution in [0.3, 0.4) is 0 Å². The molecule has 0 aliphatic rings. The Bertz CT molecular complexity index is 518. The van der Waals surface area contributed by atoms with Gasteiger partial charge in [0.1, 0.15) is 0 Å². The molecule has 0 atom stereocenters. The molecule has 3 nitrogen and oxygen atoms in total. The van der Waals surface area contributed by atoms with Crippen molar-refractivity contribution in [1.82, 2.24) is 0 Å². The molecule has 0 aliphatic heterocycles. The van der Waals surface area contributed by atoms with Crippen molar-refractivity contribution < 1.29 is 9.84 Å². The summed E-state index contributed by atoms with van der Waals surface area (Å²) in [6, 6.07) is 9.89. The minimum Gasteiger partial charge on any atom is -0.618 e. The zero-order valence-corrected chi connectivity index (χ0v) is 13.0. The van der Waals surface area contributed by atoms with Crippen LogP contribution in [-0.4, -0.2) is 5.11 Å². The Balaban J connectivity index is 2.46. The zero-order chi connectivity index (χ0) is 12.4. The van der Waals surface area contributed by atoms with E-state index in [1.165, 1.54) is 6.20 Å². The highest BCUT2D eigenvalue weighted by atomic mass is 127. The van der Waals surface area contributed by atoms with Gasteiger partial charge in [-0.1, -0.05) is 30.3 Å². The molecular formula is C12H9I2NO2. The molecule has 2 aromatic rings. The van der Waals surface area contributed by atoms with E-state index in [9.17, 15) is 10.3 Å². The van der Waals surface area contributed by atoms with Crippen LogP contribution in [0.1, 0.15) is 11.1 Å². The van der Waals surface area contributed by atoms with Crippen molar-refractivity contribution in [3.8, 4) is 5.75 Å². The average molecular weight is 453 g/mol. The fourth-order valence-electron chi connectivity index (χ4n) is 1.55. The molecule has 0 bridgehead atoms. The molecule has 17 heavy (non-hydrogen) atoms. The fourth-order valence-corrected chi connectivity index (χ4v) is 3.25. The van der Waals surface area contributed by atoms with Crippen molar-refractivity contribution in [2.24, 2.45) is 0 Å². The summed E-state index contributed by atoms with van der Waals surface area (Å²) in [7, 11) is 0. The number of rotatable bonds is 2. The summed E-state index contributed by atoms with van der Waals surface area (Å²) in [6.45, 7) is 0. The zero-order valence-electron chi connectivity index (χ0n) is 8.73. The average Bonchev–Trinajstić information content (AvgIpc) is 2.33. The van der Waals surface area contributed by atoms with E-state index in [1.54, 1.807) is 0 Å². The van der Waals surface area contributed by atoms with E-state index in [0.29, 0.717) is 14.9 Å². The molecule has 1 N–H and O–H groups in total. The minimum absolute atomic E-state index is 0.0342. The first-order valence-corrected chi connectivity index (χ1v) is 7.08. The topological polar surface area (TPSA) is 47.2 Å². The lowest BCUT2D eigenvalue weighted by molar-refractivity contribution is -0.620. The van der Waals surface area contributed by atoms with Crippen LogP contribution in [0.15, 0.2) is 36.5 Å². The maximum Gasteiger partial charge on any atom is 0.257 e. The van der Waals surface area contributed by atoms with E-state index in [-0.39, 0.29) is 5.75 Å². The molecule has 0 aliphatic carbocycles. The van der Waals surface area contributed by atoms with E-state index in [2.05, 4.69) is 22.6 Å². The number of pyridine rings is 1. The van der Waals surface area contributed by atoms with Gasteiger partial charge in [-0.05, 0) is 28.2 Å². The first-order chi connectivity index (χ1) is 8.09. The molecule has 0 amide bonds. The van der Waals surface area contributed by atoms with Crippen LogP contribution >= 0.6 is 45.2 Å². The van der Waals surface area contributed by atoms with Gasteiger partial charge in [0.25, 0.3) is 3.70 Å². The Morgan fingerprint density at radius 3 is 2.47 bits per heavy atom. The SMILES string of the molecule is [O-][n+]1cc(O)c(I)c(Cc2ccccc2)c1I. The molecule has 0 fully saturated rings. The van der Waals surface area contributed by atoms with Crippen LogP contribution in [0.4, 0.5) is 0 Å². The van der Waals surface area contributed by atoms with Crippen molar-refractivity contribution in [3.05, 3.63) is 60.1 Å². The highest BCUT2D eigenvalue weighted by Crippen LogP contribution is 2.26. The summed E-state index contributed by atoms with van der Waals surface area (Å²) in [5, 5.41) is 21.2.